The van der Waals surface area contributed by atoms with Crippen molar-refractivity contribution < 1.29 is 0 Å². The molecule has 1 aliphatic rings. The van der Waals surface area contributed by atoms with E-state index in [4.69, 9.17) is 5.73 Å². The first-order valence-electron chi connectivity index (χ1n) is 5.54. The lowest BCUT2D eigenvalue weighted by molar-refractivity contribution is 0.500. The molecule has 0 amide bonds. The van der Waals surface area contributed by atoms with E-state index in [1.165, 1.54) is 0 Å². The van der Waals surface area contributed by atoms with Crippen LogP contribution in [0.25, 0.3) is 11.0 Å². The fourth-order valence-electron chi connectivity index (χ4n) is 2.26. The zero-order valence-electron chi connectivity index (χ0n) is 9.57. The first-order chi connectivity index (χ1) is 7.53. The van der Waals surface area contributed by atoms with Crippen molar-refractivity contribution in [3.63, 3.8) is 0 Å². The van der Waals surface area contributed by atoms with Crippen LogP contribution in [0.1, 0.15) is 26.0 Å². The van der Waals surface area contributed by atoms with Crippen molar-refractivity contribution in [2.24, 2.45) is 11.1 Å². The molecule has 3 heteroatoms. The Hall–Kier alpha value is -1.48. The Labute approximate surface area is 94.7 Å². The van der Waals surface area contributed by atoms with E-state index in [9.17, 15) is 0 Å². The van der Waals surface area contributed by atoms with Crippen molar-refractivity contribution in [3.05, 3.63) is 36.2 Å². The Morgan fingerprint density at radius 2 is 1.81 bits per heavy atom. The van der Waals surface area contributed by atoms with Crippen LogP contribution in [0, 0.1) is 5.41 Å². The van der Waals surface area contributed by atoms with E-state index >= 15 is 0 Å². The number of fused-ring (bicyclic) bond motifs is 1. The van der Waals surface area contributed by atoms with Gasteiger partial charge >= 0.3 is 0 Å². The molecule has 0 saturated heterocycles. The highest BCUT2D eigenvalue weighted by atomic mass is 15.0. The Bertz CT molecular complexity index is 562. The van der Waals surface area contributed by atoms with Gasteiger partial charge < -0.3 is 5.73 Å². The number of aromatic nitrogens is 2. The molecule has 0 aliphatic heterocycles. The van der Waals surface area contributed by atoms with Crippen LogP contribution in [-0.4, -0.2) is 9.97 Å². The highest BCUT2D eigenvalue weighted by Crippen LogP contribution is 2.59. The minimum absolute atomic E-state index is 0.143. The van der Waals surface area contributed by atoms with Gasteiger partial charge in [-0.2, -0.15) is 0 Å². The number of nitrogens with two attached hydrogens (primary N) is 1. The molecule has 1 unspecified atom stereocenters. The highest BCUT2D eigenvalue weighted by molar-refractivity contribution is 5.73. The van der Waals surface area contributed by atoms with Crippen molar-refractivity contribution in [1.82, 2.24) is 9.97 Å². The van der Waals surface area contributed by atoms with Crippen molar-refractivity contribution in [2.75, 3.05) is 0 Å². The van der Waals surface area contributed by atoms with Crippen molar-refractivity contribution in [1.29, 1.82) is 0 Å². The van der Waals surface area contributed by atoms with E-state index in [-0.39, 0.29) is 11.0 Å². The lowest BCUT2D eigenvalue weighted by atomic mass is 10.0. The molecule has 1 aromatic heterocycles. The summed E-state index contributed by atoms with van der Waals surface area (Å²) in [4.78, 5) is 9.03. The fourth-order valence-corrected chi connectivity index (χ4v) is 2.26. The third-order valence-electron chi connectivity index (χ3n) is 3.71. The van der Waals surface area contributed by atoms with Crippen LogP contribution in [0.15, 0.2) is 30.5 Å². The number of hydrogen-bond acceptors (Lipinski definition) is 3. The quantitative estimate of drug-likeness (QED) is 0.790. The Kier molecular flexibility index (Phi) is 1.70. The molecule has 3 nitrogen and oxygen atoms in total. The Balaban J connectivity index is 2.14. The molecular weight excluding hydrogens is 198 g/mol. The van der Waals surface area contributed by atoms with Gasteiger partial charge in [-0.15, -0.1) is 0 Å². The molecule has 1 aromatic carbocycles. The molecule has 1 aliphatic carbocycles. The van der Waals surface area contributed by atoms with E-state index in [0.29, 0.717) is 0 Å². The van der Waals surface area contributed by atoms with Gasteiger partial charge in [0.15, 0.2) is 0 Å². The summed E-state index contributed by atoms with van der Waals surface area (Å²) >= 11 is 0. The van der Waals surface area contributed by atoms with Crippen LogP contribution >= 0.6 is 0 Å². The average molecular weight is 213 g/mol. The van der Waals surface area contributed by atoms with Crippen LogP contribution in [0.5, 0.6) is 0 Å². The molecule has 2 N–H and O–H groups in total. The zero-order chi connectivity index (χ0) is 11.4. The Morgan fingerprint density at radius 3 is 2.44 bits per heavy atom. The van der Waals surface area contributed by atoms with Crippen LogP contribution in [0.2, 0.25) is 0 Å². The topological polar surface area (TPSA) is 51.8 Å². The van der Waals surface area contributed by atoms with E-state index in [2.05, 4.69) is 23.8 Å². The lowest BCUT2D eigenvalue weighted by Gasteiger charge is -2.14. The average Bonchev–Trinajstić information content (AvgIpc) is 2.79. The van der Waals surface area contributed by atoms with Gasteiger partial charge in [0.25, 0.3) is 0 Å². The molecule has 16 heavy (non-hydrogen) atoms. The molecule has 1 fully saturated rings. The highest BCUT2D eigenvalue weighted by Gasteiger charge is 2.60. The standard InChI is InChI=1S/C13H15N3/c1-12(2)8-13(12,14)11-7-15-9-5-3-4-6-10(9)16-11/h3-7H,8,14H2,1-2H3. The summed E-state index contributed by atoms with van der Waals surface area (Å²) < 4.78 is 0. The Morgan fingerprint density at radius 1 is 1.19 bits per heavy atom. The largest absolute Gasteiger partial charge is 0.320 e. The number of nitrogens with zero attached hydrogens (tertiary/aromatic N) is 2. The van der Waals surface area contributed by atoms with Crippen molar-refractivity contribution in [2.45, 2.75) is 25.8 Å². The van der Waals surface area contributed by atoms with Gasteiger partial charge in [-0.3, -0.25) is 4.98 Å². The van der Waals surface area contributed by atoms with Crippen molar-refractivity contribution >= 4 is 11.0 Å². The van der Waals surface area contributed by atoms with E-state index in [0.717, 1.165) is 23.1 Å². The van der Waals surface area contributed by atoms with Crippen LogP contribution in [0.3, 0.4) is 0 Å². The third-order valence-corrected chi connectivity index (χ3v) is 3.71. The van der Waals surface area contributed by atoms with E-state index in [1.54, 1.807) is 0 Å². The van der Waals surface area contributed by atoms with E-state index < -0.39 is 0 Å². The first-order valence-corrected chi connectivity index (χ1v) is 5.54. The molecule has 0 bridgehead atoms. The second-order valence-corrected chi connectivity index (χ2v) is 5.28. The first kappa shape index (κ1) is 9.73. The third kappa shape index (κ3) is 1.18. The molecule has 0 spiro atoms. The number of benzene rings is 1. The van der Waals surface area contributed by atoms with Crippen LogP contribution in [0.4, 0.5) is 0 Å². The van der Waals surface area contributed by atoms with Gasteiger partial charge in [-0.05, 0) is 24.0 Å². The maximum absolute atomic E-state index is 6.33. The summed E-state index contributed by atoms with van der Waals surface area (Å²) in [6.45, 7) is 4.34. The maximum Gasteiger partial charge on any atom is 0.0890 e. The number of para-hydroxylation sites is 2. The summed E-state index contributed by atoms with van der Waals surface area (Å²) in [5.41, 5.74) is 8.95. The number of hydrogen-bond donors (Lipinski definition) is 1. The minimum Gasteiger partial charge on any atom is -0.320 e. The van der Waals surface area contributed by atoms with Gasteiger partial charge in [-0.25, -0.2) is 4.98 Å². The SMILES string of the molecule is CC1(C)CC1(N)c1cnc2ccccc2n1. The molecule has 82 valence electrons. The summed E-state index contributed by atoms with van der Waals surface area (Å²) in [6, 6.07) is 7.88. The molecular formula is C13H15N3. The monoisotopic (exact) mass is 213 g/mol. The molecule has 1 atom stereocenters. The zero-order valence-corrected chi connectivity index (χ0v) is 9.57. The summed E-state index contributed by atoms with van der Waals surface area (Å²) in [7, 11) is 0. The van der Waals surface area contributed by atoms with E-state index in [1.807, 2.05) is 30.5 Å². The van der Waals surface area contributed by atoms with Gasteiger partial charge in [0.2, 0.25) is 0 Å². The molecule has 1 heterocycles. The van der Waals surface area contributed by atoms with Gasteiger partial charge in [-0.1, -0.05) is 26.0 Å². The summed E-state index contributed by atoms with van der Waals surface area (Å²) in [5.74, 6) is 0. The van der Waals surface area contributed by atoms with Gasteiger partial charge in [0.1, 0.15) is 0 Å². The fraction of sp³-hybridized carbons (Fsp3) is 0.385. The normalized spacial score (nSPS) is 26.9. The summed E-state index contributed by atoms with van der Waals surface area (Å²) in [5, 5.41) is 0. The molecule has 1 saturated carbocycles. The van der Waals surface area contributed by atoms with Gasteiger partial charge in [0, 0.05) is 0 Å². The second kappa shape index (κ2) is 2.80. The minimum atomic E-state index is -0.288. The second-order valence-electron chi connectivity index (χ2n) is 5.28. The lowest BCUT2D eigenvalue weighted by Crippen LogP contribution is -2.26. The van der Waals surface area contributed by atoms with Crippen LogP contribution in [-0.2, 0) is 5.54 Å². The maximum atomic E-state index is 6.33. The molecule has 3 rings (SSSR count). The predicted octanol–water partition coefficient (Wildman–Crippen LogP) is 2.21. The number of rotatable bonds is 1. The van der Waals surface area contributed by atoms with Gasteiger partial charge in [0.05, 0.1) is 28.5 Å². The molecule has 0 radical (unpaired) electrons. The predicted molar refractivity (Wildman–Crippen MR) is 63.8 cm³/mol. The van der Waals surface area contributed by atoms with Crippen LogP contribution < -0.4 is 5.73 Å². The molecule has 2 aromatic rings. The smallest absolute Gasteiger partial charge is 0.0890 e. The van der Waals surface area contributed by atoms with Crippen molar-refractivity contribution in [3.8, 4) is 0 Å². The summed E-state index contributed by atoms with van der Waals surface area (Å²) in [6.07, 6.45) is 2.80.